The van der Waals surface area contributed by atoms with Gasteiger partial charge < -0.3 is 18.9 Å². The lowest BCUT2D eigenvalue weighted by Crippen LogP contribution is -2.61. The molecular formula is C88H75BN4. The van der Waals surface area contributed by atoms with Gasteiger partial charge in [-0.1, -0.05) is 237 Å². The molecule has 0 saturated heterocycles. The van der Waals surface area contributed by atoms with Crippen molar-refractivity contribution in [3.05, 3.63) is 283 Å². The SMILES string of the molecule is CC1(C)CCC(C)(C)c2cc(-c3ccc(N4c5cc(-c6ccccc6)ccc5B5c6ccc(-n7c8ccccc8c8ccccc87)cc6N(c6ccc(-c7ccc8c(c7)C(C)(C)CCC8(C)C)cc6)c6cc(-n7c8ccccc8c8ccccc87)cc4c65)cc3)ccc21. The van der Waals surface area contributed by atoms with Crippen molar-refractivity contribution in [3.8, 4) is 44.8 Å². The molecular weight excluding hydrogens is 1120 g/mol. The number of aromatic nitrogens is 2. The van der Waals surface area contributed by atoms with E-state index in [4.69, 9.17) is 0 Å². The Hall–Kier alpha value is -10.1. The largest absolute Gasteiger partial charge is 0.311 e. The first-order valence-electron chi connectivity index (χ1n) is 33.7. The molecule has 0 unspecified atom stereocenters. The third-order valence-corrected chi connectivity index (χ3v) is 22.4. The summed E-state index contributed by atoms with van der Waals surface area (Å²) in [5.41, 5.74) is 31.4. The summed E-state index contributed by atoms with van der Waals surface area (Å²) >= 11 is 0. The van der Waals surface area contributed by atoms with E-state index in [1.54, 1.807) is 0 Å². The van der Waals surface area contributed by atoms with Gasteiger partial charge in [0.2, 0.25) is 0 Å². The molecule has 0 saturated carbocycles. The van der Waals surface area contributed by atoms with Crippen LogP contribution in [0.25, 0.3) is 88.4 Å². The summed E-state index contributed by atoms with van der Waals surface area (Å²) in [6, 6.07) is 100. The van der Waals surface area contributed by atoms with Gasteiger partial charge in [-0.2, -0.15) is 0 Å². The number of para-hydroxylation sites is 4. The zero-order valence-electron chi connectivity index (χ0n) is 54.5. The minimum atomic E-state index is -0.124. The zero-order chi connectivity index (χ0) is 62.9. The summed E-state index contributed by atoms with van der Waals surface area (Å²) in [5.74, 6) is 0. The molecule has 2 aliphatic heterocycles. The molecule has 0 radical (unpaired) electrons. The van der Waals surface area contributed by atoms with Crippen LogP contribution in [0.1, 0.15) is 103 Å². The van der Waals surface area contributed by atoms with Gasteiger partial charge in [-0.05, 0) is 198 Å². The number of rotatable bonds is 7. The molecule has 12 aromatic carbocycles. The molecule has 0 N–H and O–H groups in total. The lowest BCUT2D eigenvalue weighted by atomic mass is 9.33. The third-order valence-electron chi connectivity index (χ3n) is 22.4. The molecule has 0 bridgehead atoms. The van der Waals surface area contributed by atoms with Crippen LogP contribution in [0.4, 0.5) is 34.1 Å². The average molecular weight is 1200 g/mol. The monoisotopic (exact) mass is 1200 g/mol. The van der Waals surface area contributed by atoms with Crippen molar-refractivity contribution in [1.29, 1.82) is 0 Å². The smallest absolute Gasteiger partial charge is 0.252 e. The number of nitrogens with zero attached hydrogens (tertiary/aromatic N) is 4. The molecule has 4 heterocycles. The van der Waals surface area contributed by atoms with Crippen LogP contribution in [0.3, 0.4) is 0 Å². The number of hydrogen-bond acceptors (Lipinski definition) is 2. The highest BCUT2D eigenvalue weighted by Crippen LogP contribution is 2.52. The van der Waals surface area contributed by atoms with Crippen molar-refractivity contribution in [2.24, 2.45) is 0 Å². The molecule has 0 atom stereocenters. The number of benzene rings is 12. The lowest BCUT2D eigenvalue weighted by molar-refractivity contribution is 0.332. The number of hydrogen-bond donors (Lipinski definition) is 0. The van der Waals surface area contributed by atoms with Crippen LogP contribution in [0.5, 0.6) is 0 Å². The van der Waals surface area contributed by atoms with E-state index in [2.05, 4.69) is 335 Å². The second kappa shape index (κ2) is 20.2. The molecule has 4 aliphatic rings. The number of anilines is 6. The first-order valence-corrected chi connectivity index (χ1v) is 33.7. The maximum absolute atomic E-state index is 2.62. The minimum Gasteiger partial charge on any atom is -0.311 e. The van der Waals surface area contributed by atoms with E-state index >= 15 is 0 Å². The first-order chi connectivity index (χ1) is 45.1. The van der Waals surface area contributed by atoms with E-state index in [0.29, 0.717) is 0 Å². The molecule has 2 aromatic heterocycles. The molecule has 2 aliphatic carbocycles. The second-order valence-electron chi connectivity index (χ2n) is 29.8. The maximum atomic E-state index is 2.62. The molecule has 93 heavy (non-hydrogen) atoms. The predicted molar refractivity (Wildman–Crippen MR) is 396 cm³/mol. The van der Waals surface area contributed by atoms with Crippen LogP contribution in [-0.2, 0) is 21.7 Å². The molecule has 0 amide bonds. The van der Waals surface area contributed by atoms with Gasteiger partial charge in [-0.15, -0.1) is 0 Å². The predicted octanol–water partition coefficient (Wildman–Crippen LogP) is 21.7. The topological polar surface area (TPSA) is 16.3 Å². The van der Waals surface area contributed by atoms with Crippen LogP contribution >= 0.6 is 0 Å². The Morgan fingerprint density at radius 1 is 0.258 bits per heavy atom. The van der Waals surface area contributed by atoms with Crippen LogP contribution in [0, 0.1) is 0 Å². The van der Waals surface area contributed by atoms with E-state index in [-0.39, 0.29) is 28.4 Å². The Kier molecular flexibility index (Phi) is 12.1. The summed E-state index contributed by atoms with van der Waals surface area (Å²) in [5, 5.41) is 4.97. The Bertz CT molecular complexity index is 5300. The summed E-state index contributed by atoms with van der Waals surface area (Å²) < 4.78 is 5.01. The van der Waals surface area contributed by atoms with Crippen LogP contribution < -0.4 is 26.2 Å². The molecule has 18 rings (SSSR count). The highest BCUT2D eigenvalue weighted by molar-refractivity contribution is 7.00. The van der Waals surface area contributed by atoms with E-state index in [9.17, 15) is 0 Å². The first kappa shape index (κ1) is 55.7. The van der Waals surface area contributed by atoms with Gasteiger partial charge in [0.05, 0.1) is 27.8 Å². The van der Waals surface area contributed by atoms with Gasteiger partial charge in [0.25, 0.3) is 6.71 Å². The van der Waals surface area contributed by atoms with E-state index in [1.807, 2.05) is 0 Å². The van der Waals surface area contributed by atoms with E-state index in [1.165, 1.54) is 147 Å². The highest BCUT2D eigenvalue weighted by Gasteiger charge is 2.45. The Morgan fingerprint density at radius 2 is 0.581 bits per heavy atom. The highest BCUT2D eigenvalue weighted by atomic mass is 15.2. The van der Waals surface area contributed by atoms with Crippen LogP contribution in [-0.4, -0.2) is 15.8 Å². The van der Waals surface area contributed by atoms with Gasteiger partial charge >= 0.3 is 0 Å². The summed E-state index contributed by atoms with van der Waals surface area (Å²) in [6.45, 7) is 19.3. The Morgan fingerprint density at radius 3 is 1.03 bits per heavy atom. The average Bonchev–Trinajstić information content (AvgIpc) is 1.51. The fourth-order valence-electron chi connectivity index (χ4n) is 17.1. The van der Waals surface area contributed by atoms with E-state index < -0.39 is 0 Å². The van der Waals surface area contributed by atoms with E-state index in [0.717, 1.165) is 39.8 Å². The molecule has 4 nitrogen and oxygen atoms in total. The molecule has 0 spiro atoms. The molecule has 0 fully saturated rings. The van der Waals surface area contributed by atoms with Gasteiger partial charge in [-0.3, -0.25) is 0 Å². The van der Waals surface area contributed by atoms with Crippen LogP contribution in [0.2, 0.25) is 0 Å². The van der Waals surface area contributed by atoms with Crippen molar-refractivity contribution in [3.63, 3.8) is 0 Å². The summed E-state index contributed by atoms with van der Waals surface area (Å²) in [4.78, 5) is 5.22. The van der Waals surface area contributed by atoms with Crippen molar-refractivity contribution in [1.82, 2.24) is 9.13 Å². The Balaban J connectivity index is 0.908. The molecule has 14 aromatic rings. The Labute approximate surface area is 547 Å². The van der Waals surface area contributed by atoms with Crippen molar-refractivity contribution in [2.45, 2.75) is 103 Å². The quantitative estimate of drug-likeness (QED) is 0.148. The van der Waals surface area contributed by atoms with Gasteiger partial charge in [0, 0.05) is 61.4 Å². The minimum absolute atomic E-state index is 0.0948. The van der Waals surface area contributed by atoms with Crippen molar-refractivity contribution < 1.29 is 0 Å². The molecule has 5 heteroatoms. The fraction of sp³-hybridized carbons (Fsp3) is 0.182. The number of fused-ring (bicyclic) bond motifs is 12. The third kappa shape index (κ3) is 8.51. The van der Waals surface area contributed by atoms with Gasteiger partial charge in [0.15, 0.2) is 0 Å². The summed E-state index contributed by atoms with van der Waals surface area (Å²) in [6.07, 6.45) is 4.74. The normalized spacial score (nSPS) is 16.3. The van der Waals surface area contributed by atoms with Gasteiger partial charge in [0.1, 0.15) is 0 Å². The molecule has 450 valence electrons. The fourth-order valence-corrected chi connectivity index (χ4v) is 17.1. The standard InChI is InChI=1S/C88H75BN4/c1-85(2)46-48-87(5,6)72-50-59(34-42-70(72)85)57-30-37-62(38-31-57)90-80-52-61(56-20-10-9-11-21-56)36-44-74(80)89-75-45-41-64(92-76-26-16-12-22-66(76)67-23-13-17-27-77(67)92)53-81(75)91(63-39-32-58(33-40-63)60-35-43-71-73(51-60)88(7,8)49-47-86(71,3)4)83-55-65(54-82(90)84(83)89)93-78-28-18-14-24-68(78)69-25-15-19-29-79(69)93/h9-45,50-55H,46-49H2,1-8H3. The van der Waals surface area contributed by atoms with Crippen molar-refractivity contribution >= 4 is 101 Å². The second-order valence-corrected chi connectivity index (χ2v) is 29.8. The van der Waals surface area contributed by atoms with Crippen molar-refractivity contribution in [2.75, 3.05) is 9.80 Å². The van der Waals surface area contributed by atoms with Gasteiger partial charge in [-0.25, -0.2) is 0 Å². The lowest BCUT2D eigenvalue weighted by Gasteiger charge is -2.44. The maximum Gasteiger partial charge on any atom is 0.252 e. The summed E-state index contributed by atoms with van der Waals surface area (Å²) in [7, 11) is 0. The zero-order valence-corrected chi connectivity index (χ0v) is 54.5. The van der Waals surface area contributed by atoms with Crippen LogP contribution in [0.15, 0.2) is 261 Å².